The summed E-state index contributed by atoms with van der Waals surface area (Å²) in [6, 6.07) is 15.0. The molecule has 0 unspecified atom stereocenters. The van der Waals surface area contributed by atoms with Crippen molar-refractivity contribution in [3.8, 4) is 6.07 Å². The summed E-state index contributed by atoms with van der Waals surface area (Å²) >= 11 is 1.84. The maximum Gasteiger partial charge on any atom is 0.240 e. The fourth-order valence-corrected chi connectivity index (χ4v) is 5.93. The predicted molar refractivity (Wildman–Crippen MR) is 122 cm³/mol. The van der Waals surface area contributed by atoms with Gasteiger partial charge < -0.3 is 15.1 Å². The van der Waals surface area contributed by atoms with E-state index in [1.807, 2.05) is 40.9 Å². The van der Waals surface area contributed by atoms with Crippen LogP contribution in [0.1, 0.15) is 12.0 Å². The largest absolute Gasteiger partial charge is 0.368 e. The second-order valence-electron chi connectivity index (χ2n) is 8.30. The van der Waals surface area contributed by atoms with Crippen LogP contribution in [0.3, 0.4) is 0 Å². The van der Waals surface area contributed by atoms with Crippen LogP contribution in [0.2, 0.25) is 0 Å². The quantitative estimate of drug-likeness (QED) is 0.819. The van der Waals surface area contributed by atoms with Crippen LogP contribution < -0.4 is 10.2 Å². The van der Waals surface area contributed by atoms with Gasteiger partial charge in [0.15, 0.2) is 0 Å². The van der Waals surface area contributed by atoms with E-state index in [2.05, 4.69) is 33.3 Å². The molecular weight excluding hydrogens is 394 g/mol. The minimum absolute atomic E-state index is 0.0193. The van der Waals surface area contributed by atoms with Crippen molar-refractivity contribution in [1.82, 2.24) is 15.1 Å². The Balaban J connectivity index is 1.23. The highest BCUT2D eigenvalue weighted by Gasteiger charge is 2.36. The van der Waals surface area contributed by atoms with Gasteiger partial charge in [-0.1, -0.05) is 24.3 Å². The first kappa shape index (κ1) is 19.7. The Morgan fingerprint density at radius 3 is 2.60 bits per heavy atom. The number of thioether (sulfide) groups is 1. The number of fused-ring (bicyclic) bond motifs is 1. The summed E-state index contributed by atoms with van der Waals surface area (Å²) < 4.78 is 0. The Kier molecular flexibility index (Phi) is 5.55. The van der Waals surface area contributed by atoms with Crippen molar-refractivity contribution in [3.05, 3.63) is 42.0 Å². The fourth-order valence-electron chi connectivity index (χ4n) is 4.98. The zero-order chi connectivity index (χ0) is 20.5. The molecule has 2 aromatic rings. The Morgan fingerprint density at radius 2 is 1.87 bits per heavy atom. The number of nitrogens with one attached hydrogen (secondary N) is 1. The molecule has 2 atom stereocenters. The lowest BCUT2D eigenvalue weighted by molar-refractivity contribution is -0.131. The van der Waals surface area contributed by atoms with Gasteiger partial charge in [0, 0.05) is 67.5 Å². The number of hydrogen-bond acceptors (Lipinski definition) is 6. The molecule has 3 aliphatic rings. The first-order valence-electron chi connectivity index (χ1n) is 10.8. The van der Waals surface area contributed by atoms with E-state index < -0.39 is 0 Å². The monoisotopic (exact) mass is 421 g/mol. The summed E-state index contributed by atoms with van der Waals surface area (Å²) in [6.45, 7) is 5.73. The maximum atomic E-state index is 12.7. The minimum atomic E-state index is -0.0193. The third kappa shape index (κ3) is 3.64. The zero-order valence-electron chi connectivity index (χ0n) is 17.1. The van der Waals surface area contributed by atoms with Crippen LogP contribution in [0.5, 0.6) is 0 Å². The van der Waals surface area contributed by atoms with Gasteiger partial charge in [-0.05, 0) is 18.6 Å². The van der Waals surface area contributed by atoms with Crippen LogP contribution >= 0.6 is 11.8 Å². The molecule has 0 aliphatic carbocycles. The van der Waals surface area contributed by atoms with Gasteiger partial charge in [0.2, 0.25) is 5.91 Å². The molecule has 0 aromatic heterocycles. The van der Waals surface area contributed by atoms with Gasteiger partial charge >= 0.3 is 0 Å². The van der Waals surface area contributed by atoms with E-state index in [0.29, 0.717) is 6.04 Å². The van der Waals surface area contributed by atoms with Crippen molar-refractivity contribution in [3.63, 3.8) is 0 Å². The molecule has 3 aliphatic heterocycles. The Bertz CT molecular complexity index is 975. The Morgan fingerprint density at radius 1 is 1.07 bits per heavy atom. The van der Waals surface area contributed by atoms with Gasteiger partial charge in [0.1, 0.15) is 0 Å². The van der Waals surface area contributed by atoms with Gasteiger partial charge in [-0.15, -0.1) is 11.8 Å². The van der Waals surface area contributed by atoms with E-state index in [4.69, 9.17) is 0 Å². The summed E-state index contributed by atoms with van der Waals surface area (Å²) in [7, 11) is 0. The SMILES string of the molecule is N#Cc1ccc(N2CCN([C@@H]3CN[C@H](C(=O)N4CCSC4)C3)CC2)c2ccccc12. The fraction of sp³-hybridized carbons (Fsp3) is 0.478. The lowest BCUT2D eigenvalue weighted by Crippen LogP contribution is -2.51. The van der Waals surface area contributed by atoms with Gasteiger partial charge in [0.25, 0.3) is 0 Å². The number of nitrogens with zero attached hydrogens (tertiary/aromatic N) is 4. The lowest BCUT2D eigenvalue weighted by atomic mass is 10.0. The van der Waals surface area contributed by atoms with Crippen LogP contribution in [0.4, 0.5) is 5.69 Å². The van der Waals surface area contributed by atoms with Gasteiger partial charge in [0.05, 0.1) is 23.6 Å². The van der Waals surface area contributed by atoms with Gasteiger partial charge in [-0.3, -0.25) is 9.69 Å². The lowest BCUT2D eigenvalue weighted by Gasteiger charge is -2.39. The average Bonchev–Trinajstić information content (AvgIpc) is 3.51. The first-order valence-corrected chi connectivity index (χ1v) is 11.9. The molecule has 0 spiro atoms. The third-order valence-corrected chi connectivity index (χ3v) is 7.63. The number of piperazine rings is 1. The second-order valence-corrected chi connectivity index (χ2v) is 9.38. The average molecular weight is 422 g/mol. The third-order valence-electron chi connectivity index (χ3n) is 6.66. The van der Waals surface area contributed by atoms with Crippen LogP contribution in [0.25, 0.3) is 10.8 Å². The number of anilines is 1. The topological polar surface area (TPSA) is 62.6 Å². The molecule has 5 rings (SSSR count). The van der Waals surface area contributed by atoms with Crippen molar-refractivity contribution in [2.45, 2.75) is 18.5 Å². The van der Waals surface area contributed by atoms with E-state index in [-0.39, 0.29) is 11.9 Å². The van der Waals surface area contributed by atoms with Crippen LogP contribution in [-0.2, 0) is 4.79 Å². The van der Waals surface area contributed by atoms with Crippen LogP contribution in [0, 0.1) is 11.3 Å². The Hall–Kier alpha value is -2.27. The van der Waals surface area contributed by atoms with Crippen molar-refractivity contribution >= 4 is 34.1 Å². The number of amides is 1. The second kappa shape index (κ2) is 8.46. The first-order chi connectivity index (χ1) is 14.7. The van der Waals surface area contributed by atoms with E-state index in [1.165, 1.54) is 5.69 Å². The van der Waals surface area contributed by atoms with Crippen molar-refractivity contribution in [2.75, 3.05) is 55.8 Å². The molecule has 3 saturated heterocycles. The molecule has 3 fully saturated rings. The number of rotatable bonds is 3. The van der Waals surface area contributed by atoms with Crippen LogP contribution in [0.15, 0.2) is 36.4 Å². The molecule has 1 amide bonds. The maximum absolute atomic E-state index is 12.7. The summed E-state index contributed by atoms with van der Waals surface area (Å²) in [4.78, 5) is 19.7. The zero-order valence-corrected chi connectivity index (χ0v) is 17.9. The molecule has 1 N–H and O–H groups in total. The van der Waals surface area contributed by atoms with Gasteiger partial charge in [-0.2, -0.15) is 5.26 Å². The number of carbonyl (C=O) groups excluding carboxylic acids is 1. The summed E-state index contributed by atoms with van der Waals surface area (Å²) in [5.41, 5.74) is 1.95. The highest BCUT2D eigenvalue weighted by molar-refractivity contribution is 7.99. The predicted octanol–water partition coefficient (Wildman–Crippen LogP) is 2.10. The van der Waals surface area contributed by atoms with Crippen molar-refractivity contribution in [2.24, 2.45) is 0 Å². The van der Waals surface area contributed by atoms with E-state index in [0.717, 1.165) is 73.7 Å². The molecule has 0 radical (unpaired) electrons. The van der Waals surface area contributed by atoms with E-state index in [1.54, 1.807) is 0 Å². The van der Waals surface area contributed by atoms with Crippen LogP contribution in [-0.4, -0.2) is 78.7 Å². The number of hydrogen-bond donors (Lipinski definition) is 1. The normalized spacial score (nSPS) is 25.0. The van der Waals surface area contributed by atoms with Gasteiger partial charge in [-0.25, -0.2) is 0 Å². The summed E-state index contributed by atoms with van der Waals surface area (Å²) in [5.74, 6) is 2.19. The standard InChI is InChI=1S/C23H27N5OS/c24-14-17-5-6-22(20-4-2-1-3-19(17)20)27-9-7-26(8-10-27)18-13-21(25-15-18)23(29)28-11-12-30-16-28/h1-6,18,21,25H,7-13,15-16H2/t18-,21-/m0/s1. The van der Waals surface area contributed by atoms with Crippen molar-refractivity contribution in [1.29, 1.82) is 5.26 Å². The summed E-state index contributed by atoms with van der Waals surface area (Å²) in [6.07, 6.45) is 0.916. The minimum Gasteiger partial charge on any atom is -0.368 e. The van der Waals surface area contributed by atoms with E-state index >= 15 is 0 Å². The molecule has 0 saturated carbocycles. The molecule has 156 valence electrons. The van der Waals surface area contributed by atoms with Crippen molar-refractivity contribution < 1.29 is 4.79 Å². The molecule has 7 heteroatoms. The highest BCUT2D eigenvalue weighted by Crippen LogP contribution is 2.30. The smallest absolute Gasteiger partial charge is 0.240 e. The van der Waals surface area contributed by atoms with E-state index in [9.17, 15) is 10.1 Å². The summed E-state index contributed by atoms with van der Waals surface area (Å²) in [5, 5.41) is 15.1. The number of nitriles is 1. The number of carbonyl (C=O) groups is 1. The molecule has 2 aromatic carbocycles. The molecule has 6 nitrogen and oxygen atoms in total. The molecule has 3 heterocycles. The highest BCUT2D eigenvalue weighted by atomic mass is 32.2. The molecule has 30 heavy (non-hydrogen) atoms. The molecule has 0 bridgehead atoms. The number of benzene rings is 2. The molecular formula is C23H27N5OS. The Labute approximate surface area is 181 Å².